The zero-order chi connectivity index (χ0) is 41.4. The Bertz CT molecular complexity index is 3830. The van der Waals surface area contributed by atoms with E-state index in [-0.39, 0.29) is 0 Å². The summed E-state index contributed by atoms with van der Waals surface area (Å²) in [7, 11) is 0. The standard InChI is InChI=1S/C57H35N5S/c1-5-16-36(17-6-1)39-28-30-43-42-24-13-14-26-46(42)62(49(43)34-39)48-27-15-25-45-53-51(63-54(45)48)33-32-47-52(53)44-31-29-40(35-50(44)61(47)41-22-11-4-12-23-41)57-59-55(37-18-7-2-8-19-37)58-56(60-57)38-20-9-3-10-21-38/h1-35H. The molecule has 0 amide bonds. The highest BCUT2D eigenvalue weighted by atomic mass is 32.1. The summed E-state index contributed by atoms with van der Waals surface area (Å²) in [5.74, 6) is 1.92. The van der Waals surface area contributed by atoms with Gasteiger partial charge in [-0.3, -0.25) is 0 Å². The van der Waals surface area contributed by atoms with Gasteiger partial charge in [0.2, 0.25) is 0 Å². The van der Waals surface area contributed by atoms with E-state index in [1.54, 1.807) is 0 Å². The van der Waals surface area contributed by atoms with E-state index < -0.39 is 0 Å². The summed E-state index contributed by atoms with van der Waals surface area (Å²) in [5, 5.41) is 7.43. The van der Waals surface area contributed by atoms with Crippen molar-refractivity contribution in [3.8, 4) is 56.7 Å². The van der Waals surface area contributed by atoms with Gasteiger partial charge in [-0.2, -0.15) is 0 Å². The van der Waals surface area contributed by atoms with E-state index in [0.717, 1.165) is 33.4 Å². The van der Waals surface area contributed by atoms with Gasteiger partial charge in [-0.15, -0.1) is 11.3 Å². The Morgan fingerprint density at radius 1 is 0.317 bits per heavy atom. The molecule has 294 valence electrons. The molecule has 0 unspecified atom stereocenters. The number of hydrogen-bond acceptors (Lipinski definition) is 4. The van der Waals surface area contributed by atoms with Crippen LogP contribution in [0.15, 0.2) is 212 Å². The molecular formula is C57H35N5S. The molecule has 0 spiro atoms. The highest BCUT2D eigenvalue weighted by Gasteiger charge is 2.22. The smallest absolute Gasteiger partial charge is 0.164 e. The van der Waals surface area contributed by atoms with Crippen molar-refractivity contribution in [2.75, 3.05) is 0 Å². The average molecular weight is 822 g/mol. The zero-order valence-corrected chi connectivity index (χ0v) is 34.7. The monoisotopic (exact) mass is 821 g/mol. The van der Waals surface area contributed by atoms with Crippen LogP contribution in [0.1, 0.15) is 0 Å². The predicted octanol–water partition coefficient (Wildman–Crippen LogP) is 15.1. The van der Waals surface area contributed by atoms with Crippen LogP contribution in [0.2, 0.25) is 0 Å². The van der Waals surface area contributed by atoms with Crippen molar-refractivity contribution in [1.82, 2.24) is 24.1 Å². The van der Waals surface area contributed by atoms with Gasteiger partial charge in [0.15, 0.2) is 17.5 Å². The molecule has 9 aromatic carbocycles. The van der Waals surface area contributed by atoms with E-state index in [0.29, 0.717) is 17.5 Å². The lowest BCUT2D eigenvalue weighted by atomic mass is 10.0. The maximum atomic E-state index is 5.11. The van der Waals surface area contributed by atoms with Crippen LogP contribution in [0.25, 0.3) is 120 Å². The molecule has 0 N–H and O–H groups in total. The van der Waals surface area contributed by atoms with Gasteiger partial charge in [-0.1, -0.05) is 164 Å². The van der Waals surface area contributed by atoms with Crippen LogP contribution in [0, 0.1) is 0 Å². The molecule has 63 heavy (non-hydrogen) atoms. The molecular weight excluding hydrogens is 787 g/mol. The molecule has 0 saturated carbocycles. The number of aromatic nitrogens is 5. The van der Waals surface area contributed by atoms with Crippen LogP contribution in [0.4, 0.5) is 0 Å². The van der Waals surface area contributed by atoms with E-state index in [2.05, 4.69) is 185 Å². The Labute approximate surface area is 366 Å². The Kier molecular flexibility index (Phi) is 8.01. The van der Waals surface area contributed by atoms with Crippen molar-refractivity contribution in [2.24, 2.45) is 0 Å². The Morgan fingerprint density at radius 2 is 0.857 bits per heavy atom. The van der Waals surface area contributed by atoms with Crippen LogP contribution in [0.5, 0.6) is 0 Å². The van der Waals surface area contributed by atoms with Gasteiger partial charge in [0, 0.05) is 59.4 Å². The normalized spacial score (nSPS) is 11.8. The number of nitrogens with zero attached hydrogens (tertiary/aromatic N) is 5. The number of thiophene rings is 1. The van der Waals surface area contributed by atoms with E-state index in [9.17, 15) is 0 Å². The fourth-order valence-electron chi connectivity index (χ4n) is 9.53. The van der Waals surface area contributed by atoms with Gasteiger partial charge in [0.25, 0.3) is 0 Å². The van der Waals surface area contributed by atoms with Crippen molar-refractivity contribution in [3.63, 3.8) is 0 Å². The largest absolute Gasteiger partial charge is 0.309 e. The first-order chi connectivity index (χ1) is 31.2. The van der Waals surface area contributed by atoms with Crippen molar-refractivity contribution >= 4 is 75.1 Å². The van der Waals surface area contributed by atoms with Crippen molar-refractivity contribution in [3.05, 3.63) is 212 Å². The van der Waals surface area contributed by atoms with E-state index in [1.807, 2.05) is 47.7 Å². The SMILES string of the molecule is c1ccc(-c2ccc3c4ccccc4n(-c4cccc5c4sc4ccc6c(c7ccc(-c8nc(-c9ccccc9)nc(-c9ccccc9)n8)cc7n6-c6ccccc6)c45)c3c2)cc1. The molecule has 0 aliphatic rings. The first kappa shape index (κ1) is 35.6. The number of para-hydroxylation sites is 2. The lowest BCUT2D eigenvalue weighted by molar-refractivity contribution is 1.07. The lowest BCUT2D eigenvalue weighted by Gasteiger charge is -2.10. The van der Waals surface area contributed by atoms with Gasteiger partial charge >= 0.3 is 0 Å². The van der Waals surface area contributed by atoms with Gasteiger partial charge in [-0.05, 0) is 59.7 Å². The Hall–Kier alpha value is -8.19. The third kappa shape index (κ3) is 5.66. The molecule has 5 nitrogen and oxygen atoms in total. The maximum absolute atomic E-state index is 5.11. The van der Waals surface area contributed by atoms with Crippen molar-refractivity contribution < 1.29 is 0 Å². The second-order valence-electron chi connectivity index (χ2n) is 16.0. The summed E-state index contributed by atoms with van der Waals surface area (Å²) >= 11 is 1.87. The van der Waals surface area contributed by atoms with E-state index >= 15 is 0 Å². The third-order valence-electron chi connectivity index (χ3n) is 12.4. The van der Waals surface area contributed by atoms with Gasteiger partial charge in [0.1, 0.15) is 0 Å². The number of hydrogen-bond donors (Lipinski definition) is 0. The van der Waals surface area contributed by atoms with Gasteiger partial charge < -0.3 is 9.13 Å². The molecule has 0 bridgehead atoms. The fourth-order valence-corrected chi connectivity index (χ4v) is 10.7. The highest BCUT2D eigenvalue weighted by Crippen LogP contribution is 2.47. The summed E-state index contributed by atoms with van der Waals surface area (Å²) in [4.78, 5) is 15.2. The summed E-state index contributed by atoms with van der Waals surface area (Å²) in [6.07, 6.45) is 0. The molecule has 0 fully saturated rings. The van der Waals surface area contributed by atoms with Crippen LogP contribution in [0.3, 0.4) is 0 Å². The van der Waals surface area contributed by atoms with Gasteiger partial charge in [-0.25, -0.2) is 15.0 Å². The first-order valence-electron chi connectivity index (χ1n) is 21.2. The Balaban J connectivity index is 1.07. The van der Waals surface area contributed by atoms with E-state index in [4.69, 9.17) is 15.0 Å². The van der Waals surface area contributed by atoms with Crippen LogP contribution in [-0.2, 0) is 0 Å². The summed E-state index contributed by atoms with van der Waals surface area (Å²) in [6, 6.07) is 75.5. The van der Waals surface area contributed by atoms with Crippen LogP contribution in [-0.4, -0.2) is 24.1 Å². The van der Waals surface area contributed by atoms with Gasteiger partial charge in [0.05, 0.1) is 32.5 Å². The van der Waals surface area contributed by atoms with Crippen LogP contribution >= 0.6 is 11.3 Å². The summed E-state index contributed by atoms with van der Waals surface area (Å²) in [5.41, 5.74) is 12.2. The molecule has 13 rings (SSSR count). The lowest BCUT2D eigenvalue weighted by Crippen LogP contribution is -2.00. The second kappa shape index (κ2) is 14.2. The first-order valence-corrected chi connectivity index (χ1v) is 22.0. The zero-order valence-electron chi connectivity index (χ0n) is 33.9. The quantitative estimate of drug-likeness (QED) is 0.168. The number of fused-ring (bicyclic) bond motifs is 10. The summed E-state index contributed by atoms with van der Waals surface area (Å²) in [6.45, 7) is 0. The maximum Gasteiger partial charge on any atom is 0.164 e. The van der Waals surface area contributed by atoms with E-state index in [1.165, 1.54) is 69.6 Å². The minimum atomic E-state index is 0.631. The third-order valence-corrected chi connectivity index (χ3v) is 13.6. The van der Waals surface area contributed by atoms with Crippen molar-refractivity contribution in [2.45, 2.75) is 0 Å². The number of rotatable bonds is 6. The topological polar surface area (TPSA) is 48.5 Å². The minimum absolute atomic E-state index is 0.631. The molecule has 0 aliphatic carbocycles. The van der Waals surface area contributed by atoms with Crippen LogP contribution < -0.4 is 0 Å². The fraction of sp³-hybridized carbons (Fsp3) is 0. The molecule has 4 heterocycles. The minimum Gasteiger partial charge on any atom is -0.309 e. The molecule has 0 atom stereocenters. The molecule has 0 saturated heterocycles. The average Bonchev–Trinajstić information content (AvgIpc) is 4.02. The predicted molar refractivity (Wildman–Crippen MR) is 263 cm³/mol. The highest BCUT2D eigenvalue weighted by molar-refractivity contribution is 7.26. The molecule has 0 radical (unpaired) electrons. The Morgan fingerprint density at radius 3 is 1.57 bits per heavy atom. The second-order valence-corrected chi connectivity index (χ2v) is 17.0. The van der Waals surface area contributed by atoms with Crippen molar-refractivity contribution in [1.29, 1.82) is 0 Å². The molecule has 0 aliphatic heterocycles. The molecule has 13 aromatic rings. The summed E-state index contributed by atoms with van der Waals surface area (Å²) < 4.78 is 7.39. The molecule has 4 aromatic heterocycles. The number of benzene rings is 9. The molecule has 6 heteroatoms.